The minimum Gasteiger partial charge on any atom is -0.511 e. The van der Waals surface area contributed by atoms with Crippen molar-refractivity contribution in [2.75, 3.05) is 13.2 Å². The molecule has 0 spiro atoms. The summed E-state index contributed by atoms with van der Waals surface area (Å²) in [4.78, 5) is 30.4. The van der Waals surface area contributed by atoms with Crippen molar-refractivity contribution in [3.8, 4) is 5.75 Å². The van der Waals surface area contributed by atoms with Gasteiger partial charge in [-0.1, -0.05) is 12.1 Å². The molecule has 0 saturated carbocycles. The predicted octanol–water partition coefficient (Wildman–Crippen LogP) is 4.50. The molecule has 1 N–H and O–H groups in total. The van der Waals surface area contributed by atoms with E-state index in [4.69, 9.17) is 9.57 Å². The normalized spacial score (nSPS) is 19.3. The summed E-state index contributed by atoms with van der Waals surface area (Å²) in [7, 11) is 0. The molecule has 1 unspecified atom stereocenters. The standard InChI is InChI=1S/C23H29NO5/c1-6-17(24-29-7-2)22-18(26)10-15(11-19(22)27)21-13(4)20(14(5)25)12(3)16-8-9-28-23(16)21/h15,26H,6-11H2,1-5H3. The van der Waals surface area contributed by atoms with Crippen LogP contribution in [0.5, 0.6) is 5.75 Å². The maximum absolute atomic E-state index is 13.0. The first-order valence-corrected chi connectivity index (χ1v) is 10.3. The van der Waals surface area contributed by atoms with E-state index in [0.717, 1.165) is 34.4 Å². The lowest BCUT2D eigenvalue weighted by atomic mass is 9.76. The van der Waals surface area contributed by atoms with Crippen LogP contribution in [0.1, 0.15) is 78.6 Å². The van der Waals surface area contributed by atoms with Crippen LogP contribution in [-0.4, -0.2) is 35.6 Å². The highest BCUT2D eigenvalue weighted by atomic mass is 16.6. The Bertz CT molecular complexity index is 926. The highest BCUT2D eigenvalue weighted by molar-refractivity contribution is 6.23. The molecule has 0 saturated heterocycles. The number of Topliss-reactive ketones (excluding diaryl/α,β-unsaturated/α-hetero) is 2. The minimum absolute atomic E-state index is 0.00987. The molecule has 1 aromatic rings. The lowest BCUT2D eigenvalue weighted by Gasteiger charge is -2.28. The smallest absolute Gasteiger partial charge is 0.168 e. The van der Waals surface area contributed by atoms with Gasteiger partial charge >= 0.3 is 0 Å². The zero-order valence-electron chi connectivity index (χ0n) is 17.8. The molecule has 6 heteroatoms. The summed E-state index contributed by atoms with van der Waals surface area (Å²) in [6.45, 7) is 10.1. The Morgan fingerprint density at radius 2 is 1.97 bits per heavy atom. The van der Waals surface area contributed by atoms with Crippen molar-refractivity contribution in [1.29, 1.82) is 0 Å². The molecule has 1 aliphatic carbocycles. The van der Waals surface area contributed by atoms with Gasteiger partial charge in [-0.05, 0) is 45.2 Å². The maximum atomic E-state index is 13.0. The fourth-order valence-corrected chi connectivity index (χ4v) is 4.67. The fourth-order valence-electron chi connectivity index (χ4n) is 4.67. The number of fused-ring (bicyclic) bond motifs is 1. The molecule has 0 bridgehead atoms. The largest absolute Gasteiger partial charge is 0.511 e. The lowest BCUT2D eigenvalue weighted by molar-refractivity contribution is -0.116. The van der Waals surface area contributed by atoms with Gasteiger partial charge in [0.1, 0.15) is 18.1 Å². The summed E-state index contributed by atoms with van der Waals surface area (Å²) in [6, 6.07) is 0. The van der Waals surface area contributed by atoms with Crippen LogP contribution >= 0.6 is 0 Å². The Balaban J connectivity index is 2.09. The number of nitrogens with zero attached hydrogens (tertiary/aromatic N) is 1. The molecule has 1 atom stereocenters. The third kappa shape index (κ3) is 3.68. The Hall–Kier alpha value is -2.63. The van der Waals surface area contributed by atoms with E-state index < -0.39 is 0 Å². The Labute approximate surface area is 171 Å². The van der Waals surface area contributed by atoms with Crippen molar-refractivity contribution in [2.24, 2.45) is 5.16 Å². The van der Waals surface area contributed by atoms with Crippen LogP contribution in [0.2, 0.25) is 0 Å². The van der Waals surface area contributed by atoms with Gasteiger partial charge in [-0.15, -0.1) is 0 Å². The average Bonchev–Trinajstić information content (AvgIpc) is 3.13. The number of aliphatic hydroxyl groups excluding tert-OH is 1. The molecule has 0 aromatic heterocycles. The van der Waals surface area contributed by atoms with Crippen LogP contribution in [0.3, 0.4) is 0 Å². The van der Waals surface area contributed by atoms with E-state index in [9.17, 15) is 14.7 Å². The van der Waals surface area contributed by atoms with Gasteiger partial charge in [0, 0.05) is 41.9 Å². The van der Waals surface area contributed by atoms with E-state index in [1.54, 1.807) is 6.92 Å². The van der Waals surface area contributed by atoms with Crippen LogP contribution in [0.4, 0.5) is 0 Å². The van der Waals surface area contributed by atoms with E-state index >= 15 is 0 Å². The van der Waals surface area contributed by atoms with E-state index in [1.807, 2.05) is 27.7 Å². The van der Waals surface area contributed by atoms with Crippen molar-refractivity contribution >= 4 is 17.3 Å². The van der Waals surface area contributed by atoms with E-state index in [1.165, 1.54) is 0 Å². The number of hydrogen-bond donors (Lipinski definition) is 1. The molecule has 29 heavy (non-hydrogen) atoms. The molecule has 1 aromatic carbocycles. The number of ether oxygens (including phenoxy) is 1. The van der Waals surface area contributed by atoms with Crippen molar-refractivity contribution in [1.82, 2.24) is 0 Å². The van der Waals surface area contributed by atoms with Crippen molar-refractivity contribution < 1.29 is 24.3 Å². The number of carbonyl (C=O) groups excluding carboxylic acids is 2. The number of carbonyl (C=O) groups is 2. The monoisotopic (exact) mass is 399 g/mol. The van der Waals surface area contributed by atoms with Crippen LogP contribution in [0, 0.1) is 13.8 Å². The van der Waals surface area contributed by atoms with Gasteiger partial charge in [0.05, 0.1) is 17.9 Å². The number of oxime groups is 1. The van der Waals surface area contributed by atoms with Crippen molar-refractivity contribution in [3.05, 3.63) is 39.1 Å². The molecule has 1 heterocycles. The second kappa shape index (κ2) is 8.39. The molecule has 0 amide bonds. The summed E-state index contributed by atoms with van der Waals surface area (Å²) in [5, 5.41) is 14.8. The highest BCUT2D eigenvalue weighted by Crippen LogP contribution is 2.46. The van der Waals surface area contributed by atoms with Crippen molar-refractivity contribution in [2.45, 2.75) is 66.2 Å². The molecule has 3 rings (SSSR count). The zero-order valence-corrected chi connectivity index (χ0v) is 17.8. The summed E-state index contributed by atoms with van der Waals surface area (Å²) < 4.78 is 5.93. The van der Waals surface area contributed by atoms with E-state index in [2.05, 4.69) is 5.16 Å². The zero-order chi connectivity index (χ0) is 21.3. The molecule has 2 aliphatic rings. The second-order valence-electron chi connectivity index (χ2n) is 7.66. The highest BCUT2D eigenvalue weighted by Gasteiger charge is 2.36. The summed E-state index contributed by atoms with van der Waals surface area (Å²) in [6.07, 6.45) is 1.79. The SMILES string of the molecule is CCON=C(CC)C1=C(O)CC(c2c(C)c(C(C)=O)c(C)c3c2OCC3)CC1=O. The Kier molecular flexibility index (Phi) is 6.10. The Morgan fingerprint density at radius 3 is 2.55 bits per heavy atom. The van der Waals surface area contributed by atoms with E-state index in [-0.39, 0.29) is 35.2 Å². The third-order valence-electron chi connectivity index (χ3n) is 5.85. The van der Waals surface area contributed by atoms with Crippen LogP contribution in [0.15, 0.2) is 16.5 Å². The molecule has 6 nitrogen and oxygen atoms in total. The third-order valence-corrected chi connectivity index (χ3v) is 5.85. The molecular weight excluding hydrogens is 370 g/mol. The molecular formula is C23H29NO5. The minimum atomic E-state index is -0.234. The van der Waals surface area contributed by atoms with Gasteiger partial charge in [-0.3, -0.25) is 9.59 Å². The van der Waals surface area contributed by atoms with Crippen molar-refractivity contribution in [3.63, 3.8) is 0 Å². The van der Waals surface area contributed by atoms with Crippen LogP contribution < -0.4 is 4.74 Å². The summed E-state index contributed by atoms with van der Waals surface area (Å²) >= 11 is 0. The quantitative estimate of drug-likeness (QED) is 0.432. The summed E-state index contributed by atoms with van der Waals surface area (Å²) in [5.74, 6) is 0.438. The molecule has 1 aliphatic heterocycles. The van der Waals surface area contributed by atoms with Gasteiger partial charge in [0.2, 0.25) is 0 Å². The van der Waals surface area contributed by atoms with Gasteiger partial charge in [-0.2, -0.15) is 0 Å². The summed E-state index contributed by atoms with van der Waals surface area (Å²) in [5.41, 5.74) is 5.19. The number of aliphatic hydroxyl groups is 1. The number of ketones is 2. The molecule has 0 radical (unpaired) electrons. The fraction of sp³-hybridized carbons (Fsp3) is 0.522. The average molecular weight is 399 g/mol. The first-order chi connectivity index (χ1) is 13.8. The second-order valence-corrected chi connectivity index (χ2v) is 7.66. The molecule has 0 fully saturated rings. The Morgan fingerprint density at radius 1 is 1.24 bits per heavy atom. The number of hydrogen-bond acceptors (Lipinski definition) is 6. The topological polar surface area (TPSA) is 85.2 Å². The van der Waals surface area contributed by atoms with Gasteiger partial charge < -0.3 is 14.7 Å². The number of allylic oxidation sites excluding steroid dienone is 2. The maximum Gasteiger partial charge on any atom is 0.168 e. The lowest BCUT2D eigenvalue weighted by Crippen LogP contribution is -2.25. The van der Waals surface area contributed by atoms with Crippen LogP contribution in [0.25, 0.3) is 0 Å². The predicted molar refractivity (Wildman–Crippen MR) is 111 cm³/mol. The first-order valence-electron chi connectivity index (χ1n) is 10.3. The van der Waals surface area contributed by atoms with Crippen LogP contribution in [-0.2, 0) is 16.1 Å². The van der Waals surface area contributed by atoms with Gasteiger partial charge in [-0.25, -0.2) is 0 Å². The molecule has 156 valence electrons. The van der Waals surface area contributed by atoms with Gasteiger partial charge in [0.15, 0.2) is 11.6 Å². The number of benzene rings is 1. The van der Waals surface area contributed by atoms with E-state index in [0.29, 0.717) is 37.3 Å². The number of rotatable bonds is 6. The van der Waals surface area contributed by atoms with Gasteiger partial charge in [0.25, 0.3) is 0 Å². The first kappa shape index (κ1) is 21.1.